The number of aromatic nitrogens is 6. The van der Waals surface area contributed by atoms with Crippen molar-refractivity contribution in [3.63, 3.8) is 0 Å². The van der Waals surface area contributed by atoms with Crippen molar-refractivity contribution in [2.75, 3.05) is 0 Å². The van der Waals surface area contributed by atoms with Gasteiger partial charge in [0.05, 0.1) is 55.5 Å². The van der Waals surface area contributed by atoms with Crippen LogP contribution in [0.3, 0.4) is 0 Å². The number of benzene rings is 16. The van der Waals surface area contributed by atoms with Crippen molar-refractivity contribution in [2.45, 2.75) is 0 Å². The van der Waals surface area contributed by atoms with Crippen LogP contribution in [0.2, 0.25) is 0 Å². The van der Waals surface area contributed by atoms with E-state index in [2.05, 4.69) is 443 Å². The fraction of sp³-hybridized carbons (Fsp3) is 0. The quantitative estimate of drug-likeness (QED) is 0.122. The number of hydrogen-bond donors (Lipinski definition) is 0. The molecule has 112 heavy (non-hydrogen) atoms. The zero-order valence-electron chi connectivity index (χ0n) is 61.1. The Kier molecular flexibility index (Phi) is 16.1. The van der Waals surface area contributed by atoms with E-state index in [1.54, 1.807) is 0 Å². The third-order valence-corrected chi connectivity index (χ3v) is 22.2. The normalized spacial score (nSPS) is 11.6. The maximum Gasteiger partial charge on any atom is 0.138 e. The molecule has 0 saturated carbocycles. The molecule has 22 aromatic rings. The molecular formula is C106H70N6. The van der Waals surface area contributed by atoms with Gasteiger partial charge in [0.2, 0.25) is 0 Å². The number of pyridine rings is 2. The lowest BCUT2D eigenvalue weighted by molar-refractivity contribution is 1.08. The second-order valence-corrected chi connectivity index (χ2v) is 28.8. The fourth-order valence-corrected chi connectivity index (χ4v) is 17.1. The Morgan fingerprint density at radius 3 is 0.884 bits per heavy atom. The molecule has 0 amide bonds. The molecule has 0 aliphatic carbocycles. The first-order valence-corrected chi connectivity index (χ1v) is 38.3. The summed E-state index contributed by atoms with van der Waals surface area (Å²) in [7, 11) is 0. The SMILES string of the molecule is c1ccc(-c2cccc(-n3c4ccccc4c4ccc(-c5cccc6c7ccccc7n(-c7cc(-c8ccccc8)cc(-c8ccccc8)n7)c56)cc43)c2)cc1.c1ccc(-c2cccc(-n3c4ccccc4c4cccc(-c5ccc6c7ccccc7n(-c7cc(-c8ccccc8)cc(-c8ccccc8)n7)c6c5)c43)c2)cc1. The van der Waals surface area contributed by atoms with Gasteiger partial charge in [-0.05, 0) is 141 Å². The van der Waals surface area contributed by atoms with E-state index < -0.39 is 0 Å². The van der Waals surface area contributed by atoms with Crippen LogP contribution in [0.4, 0.5) is 0 Å². The van der Waals surface area contributed by atoms with Crippen LogP contribution in [0.5, 0.6) is 0 Å². The summed E-state index contributed by atoms with van der Waals surface area (Å²) in [6.07, 6.45) is 0. The minimum Gasteiger partial charge on any atom is -0.309 e. The number of para-hydroxylation sites is 6. The van der Waals surface area contributed by atoms with Gasteiger partial charge in [-0.3, -0.25) is 9.13 Å². The van der Waals surface area contributed by atoms with Crippen molar-refractivity contribution in [1.29, 1.82) is 0 Å². The van der Waals surface area contributed by atoms with Gasteiger partial charge < -0.3 is 9.13 Å². The average molecular weight is 1430 g/mol. The zero-order chi connectivity index (χ0) is 74.0. The zero-order valence-corrected chi connectivity index (χ0v) is 61.1. The molecule has 0 aliphatic rings. The molecule has 0 aliphatic heterocycles. The van der Waals surface area contributed by atoms with Gasteiger partial charge in [0, 0.05) is 76.7 Å². The summed E-state index contributed by atoms with van der Waals surface area (Å²) in [5.74, 6) is 1.77. The molecular weight excluding hydrogens is 1360 g/mol. The van der Waals surface area contributed by atoms with Gasteiger partial charge >= 0.3 is 0 Å². The highest BCUT2D eigenvalue weighted by molar-refractivity contribution is 6.18. The van der Waals surface area contributed by atoms with Crippen molar-refractivity contribution < 1.29 is 0 Å². The van der Waals surface area contributed by atoms with Crippen LogP contribution in [0.1, 0.15) is 0 Å². The minimum absolute atomic E-state index is 0.886. The molecule has 0 unspecified atom stereocenters. The molecule has 524 valence electrons. The highest BCUT2D eigenvalue weighted by Crippen LogP contribution is 2.45. The van der Waals surface area contributed by atoms with Crippen molar-refractivity contribution in [2.24, 2.45) is 0 Å². The first kappa shape index (κ1) is 65.3. The molecule has 6 heteroatoms. The second-order valence-electron chi connectivity index (χ2n) is 28.8. The van der Waals surface area contributed by atoms with Crippen LogP contribution in [0, 0.1) is 0 Å². The van der Waals surface area contributed by atoms with E-state index in [0.29, 0.717) is 0 Å². The van der Waals surface area contributed by atoms with Crippen LogP contribution in [-0.4, -0.2) is 28.2 Å². The number of fused-ring (bicyclic) bond motifs is 12. The largest absolute Gasteiger partial charge is 0.309 e. The lowest BCUT2D eigenvalue weighted by Crippen LogP contribution is -2.01. The average Bonchev–Trinajstić information content (AvgIpc) is 1.57. The van der Waals surface area contributed by atoms with Gasteiger partial charge in [-0.1, -0.05) is 340 Å². The van der Waals surface area contributed by atoms with E-state index in [9.17, 15) is 0 Å². The van der Waals surface area contributed by atoms with E-state index in [4.69, 9.17) is 9.97 Å². The second kappa shape index (κ2) is 27.7. The lowest BCUT2D eigenvalue weighted by atomic mass is 10.00. The maximum atomic E-state index is 5.43. The Balaban J connectivity index is 0.000000141. The van der Waals surface area contributed by atoms with Gasteiger partial charge in [-0.15, -0.1) is 0 Å². The molecule has 16 aromatic carbocycles. The molecule has 6 aromatic heterocycles. The Labute approximate surface area is 648 Å². The highest BCUT2D eigenvalue weighted by atomic mass is 15.1. The predicted molar refractivity (Wildman–Crippen MR) is 469 cm³/mol. The van der Waals surface area contributed by atoms with Crippen LogP contribution in [-0.2, 0) is 0 Å². The Bertz CT molecular complexity index is 7220. The van der Waals surface area contributed by atoms with Crippen LogP contribution >= 0.6 is 0 Å². The standard InChI is InChI=1S/2C53H35N3/c1-4-16-36(17-5-1)39-22-14-23-42(32-39)55-49-28-12-11-25-45(49)47-27-15-26-43(53(47)55)40-30-31-46-44-24-10-13-29-50(44)56(51(46)34-40)52-35-41(37-18-6-2-7-19-37)33-48(54-52)38-20-8-3-9-21-38;1-4-16-36(17-5-1)39-22-14-23-42(32-39)55-49-28-12-10-24-44(49)46-31-30-40(34-51(46)55)43-26-15-27-47-45-25-11-13-29-50(45)56(53(43)47)52-35-41(37-18-6-2-7-19-37)33-48(54-52)38-20-8-3-9-21-38/h2*1-35H. The Morgan fingerprint density at radius 1 is 0.152 bits per heavy atom. The topological polar surface area (TPSA) is 45.5 Å². The summed E-state index contributed by atoms with van der Waals surface area (Å²) in [6.45, 7) is 0. The van der Waals surface area contributed by atoms with E-state index in [0.717, 1.165) is 107 Å². The highest BCUT2D eigenvalue weighted by Gasteiger charge is 2.24. The van der Waals surface area contributed by atoms with Crippen LogP contribution < -0.4 is 0 Å². The van der Waals surface area contributed by atoms with Crippen molar-refractivity contribution in [3.05, 3.63) is 425 Å². The van der Waals surface area contributed by atoms with E-state index in [1.807, 2.05) is 0 Å². The van der Waals surface area contributed by atoms with Gasteiger partial charge in [0.1, 0.15) is 11.6 Å². The minimum atomic E-state index is 0.886. The first-order chi connectivity index (χ1) is 55.6. The molecule has 22 rings (SSSR count). The summed E-state index contributed by atoms with van der Waals surface area (Å²) in [5.41, 5.74) is 29.6. The number of hydrogen-bond acceptors (Lipinski definition) is 2. The Hall–Kier alpha value is -15.0. The molecule has 0 N–H and O–H groups in total. The van der Waals surface area contributed by atoms with Gasteiger partial charge in [0.15, 0.2) is 0 Å². The molecule has 6 nitrogen and oxygen atoms in total. The maximum absolute atomic E-state index is 5.43. The van der Waals surface area contributed by atoms with Crippen molar-refractivity contribution in [1.82, 2.24) is 28.2 Å². The fourth-order valence-electron chi connectivity index (χ4n) is 17.1. The van der Waals surface area contributed by atoms with Crippen molar-refractivity contribution in [3.8, 4) is 112 Å². The molecule has 0 saturated heterocycles. The van der Waals surface area contributed by atoms with E-state index >= 15 is 0 Å². The van der Waals surface area contributed by atoms with E-state index in [1.165, 1.54) is 93.0 Å². The molecule has 0 spiro atoms. The predicted octanol–water partition coefficient (Wildman–Crippen LogP) is 27.9. The summed E-state index contributed by atoms with van der Waals surface area (Å²) in [6, 6.07) is 153. The smallest absolute Gasteiger partial charge is 0.138 e. The third-order valence-electron chi connectivity index (χ3n) is 22.2. The molecule has 0 bridgehead atoms. The monoisotopic (exact) mass is 1430 g/mol. The number of rotatable bonds is 12. The molecule has 6 heterocycles. The van der Waals surface area contributed by atoms with Crippen LogP contribution in [0.15, 0.2) is 425 Å². The number of nitrogens with zero attached hydrogens (tertiary/aromatic N) is 6. The lowest BCUT2D eigenvalue weighted by Gasteiger charge is -2.15. The van der Waals surface area contributed by atoms with Gasteiger partial charge in [-0.25, -0.2) is 9.97 Å². The first-order valence-electron chi connectivity index (χ1n) is 38.3. The summed E-state index contributed by atoms with van der Waals surface area (Å²) < 4.78 is 9.60. The Morgan fingerprint density at radius 2 is 0.446 bits per heavy atom. The van der Waals surface area contributed by atoms with E-state index in [-0.39, 0.29) is 0 Å². The summed E-state index contributed by atoms with van der Waals surface area (Å²) in [4.78, 5) is 10.8. The molecule has 0 fully saturated rings. The van der Waals surface area contributed by atoms with Gasteiger partial charge in [0.25, 0.3) is 0 Å². The van der Waals surface area contributed by atoms with Crippen molar-refractivity contribution >= 4 is 87.2 Å². The summed E-state index contributed by atoms with van der Waals surface area (Å²) in [5, 5.41) is 9.73. The molecule has 0 atom stereocenters. The van der Waals surface area contributed by atoms with Crippen LogP contribution in [0.25, 0.3) is 200 Å². The molecule has 0 radical (unpaired) electrons. The van der Waals surface area contributed by atoms with Gasteiger partial charge in [-0.2, -0.15) is 0 Å². The summed E-state index contributed by atoms with van der Waals surface area (Å²) >= 11 is 0. The third kappa shape index (κ3) is 11.4.